The number of hydrogen-bond acceptors (Lipinski definition) is 5. The molecular weight excluding hydrogens is 260 g/mol. The molecule has 0 radical (unpaired) electrons. The first-order valence-corrected chi connectivity index (χ1v) is 6.83. The predicted octanol–water partition coefficient (Wildman–Crippen LogP) is 3.48. The van der Waals surface area contributed by atoms with Crippen molar-refractivity contribution in [3.63, 3.8) is 0 Å². The molecule has 0 fully saturated rings. The molecule has 0 bridgehead atoms. The molecule has 1 heterocycles. The molecule has 4 nitrogen and oxygen atoms in total. The Bertz CT molecular complexity index is 602. The summed E-state index contributed by atoms with van der Waals surface area (Å²) in [5, 5.41) is 11.3. The third kappa shape index (κ3) is 3.04. The maximum absolute atomic E-state index is 8.80. The third-order valence-corrected chi connectivity index (χ3v) is 3.38. The van der Waals surface area contributed by atoms with Gasteiger partial charge < -0.3 is 9.47 Å². The van der Waals surface area contributed by atoms with Crippen LogP contribution in [0.4, 0.5) is 0 Å². The van der Waals surface area contributed by atoms with Gasteiger partial charge in [-0.15, -0.1) is 11.3 Å². The van der Waals surface area contributed by atoms with Gasteiger partial charge in [-0.3, -0.25) is 0 Å². The summed E-state index contributed by atoms with van der Waals surface area (Å²) in [5.74, 6) is 1.41. The van der Waals surface area contributed by atoms with Crippen molar-refractivity contribution < 1.29 is 9.47 Å². The average molecular weight is 274 g/mol. The van der Waals surface area contributed by atoms with E-state index < -0.39 is 0 Å². The van der Waals surface area contributed by atoms with Gasteiger partial charge in [-0.2, -0.15) is 5.26 Å². The summed E-state index contributed by atoms with van der Waals surface area (Å²) in [4.78, 5) is 4.24. The fourth-order valence-corrected chi connectivity index (χ4v) is 2.34. The van der Waals surface area contributed by atoms with Crippen molar-refractivity contribution in [2.24, 2.45) is 0 Å². The largest absolute Gasteiger partial charge is 0.493 e. The Morgan fingerprint density at radius 3 is 2.84 bits per heavy atom. The molecule has 0 aliphatic heterocycles. The van der Waals surface area contributed by atoms with Gasteiger partial charge in [0.15, 0.2) is 17.2 Å². The van der Waals surface area contributed by atoms with Crippen molar-refractivity contribution in [2.45, 2.75) is 13.3 Å². The molecular formula is C14H14N2O2S. The second-order valence-corrected chi connectivity index (χ2v) is 4.72. The molecule has 2 rings (SSSR count). The Morgan fingerprint density at radius 1 is 1.37 bits per heavy atom. The minimum atomic E-state index is 0.437. The summed E-state index contributed by atoms with van der Waals surface area (Å²) in [5.41, 5.74) is 1.37. The summed E-state index contributed by atoms with van der Waals surface area (Å²) in [6.07, 6.45) is 0.934. The molecule has 0 saturated carbocycles. The standard InChI is InChI=1S/C14H14N2O2S/c1-3-6-18-13-7-10(4-5-12(13)17-2)14-16-11(8-15)9-19-14/h4-5,7,9H,3,6H2,1-2H3. The number of nitriles is 1. The van der Waals surface area contributed by atoms with Gasteiger partial charge >= 0.3 is 0 Å². The molecule has 1 aromatic heterocycles. The zero-order chi connectivity index (χ0) is 13.7. The molecule has 0 unspecified atom stereocenters. The van der Waals surface area contributed by atoms with Crippen molar-refractivity contribution in [2.75, 3.05) is 13.7 Å². The van der Waals surface area contributed by atoms with Crippen molar-refractivity contribution in [3.8, 4) is 28.1 Å². The van der Waals surface area contributed by atoms with E-state index in [2.05, 4.69) is 11.9 Å². The van der Waals surface area contributed by atoms with Crippen LogP contribution in [0.1, 0.15) is 19.0 Å². The average Bonchev–Trinajstić information content (AvgIpc) is 2.93. The summed E-state index contributed by atoms with van der Waals surface area (Å²) >= 11 is 1.44. The van der Waals surface area contributed by atoms with Gasteiger partial charge in [-0.05, 0) is 24.6 Å². The van der Waals surface area contributed by atoms with E-state index in [9.17, 15) is 0 Å². The summed E-state index contributed by atoms with van der Waals surface area (Å²) in [6.45, 7) is 2.69. The molecule has 98 valence electrons. The number of nitrogens with zero attached hydrogens (tertiary/aromatic N) is 2. The quantitative estimate of drug-likeness (QED) is 0.837. The SMILES string of the molecule is CCCOc1cc(-c2nc(C#N)cs2)ccc1OC. The number of ether oxygens (including phenoxy) is 2. The minimum Gasteiger partial charge on any atom is -0.493 e. The molecule has 0 aliphatic rings. The van der Waals surface area contributed by atoms with Gasteiger partial charge in [0.2, 0.25) is 0 Å². The Balaban J connectivity index is 2.34. The van der Waals surface area contributed by atoms with Crippen molar-refractivity contribution >= 4 is 11.3 Å². The van der Waals surface area contributed by atoms with Gasteiger partial charge in [0, 0.05) is 10.9 Å². The Hall–Kier alpha value is -2.06. The highest BCUT2D eigenvalue weighted by molar-refractivity contribution is 7.13. The molecule has 0 atom stereocenters. The highest BCUT2D eigenvalue weighted by atomic mass is 32.1. The van der Waals surface area contributed by atoms with E-state index >= 15 is 0 Å². The zero-order valence-corrected chi connectivity index (χ0v) is 11.7. The number of rotatable bonds is 5. The van der Waals surface area contributed by atoms with Crippen LogP contribution in [-0.2, 0) is 0 Å². The van der Waals surface area contributed by atoms with E-state index in [0.29, 0.717) is 23.8 Å². The van der Waals surface area contributed by atoms with Crippen LogP contribution in [0.3, 0.4) is 0 Å². The van der Waals surface area contributed by atoms with Gasteiger partial charge in [0.1, 0.15) is 11.1 Å². The van der Waals surface area contributed by atoms with Crippen LogP contribution in [0.5, 0.6) is 11.5 Å². The van der Waals surface area contributed by atoms with Crippen LogP contribution in [0.15, 0.2) is 23.6 Å². The second-order valence-electron chi connectivity index (χ2n) is 3.86. The highest BCUT2D eigenvalue weighted by Gasteiger charge is 2.10. The second kappa shape index (κ2) is 6.21. The monoisotopic (exact) mass is 274 g/mol. The van der Waals surface area contributed by atoms with Crippen molar-refractivity contribution in [1.29, 1.82) is 5.26 Å². The molecule has 0 amide bonds. The van der Waals surface area contributed by atoms with E-state index in [1.165, 1.54) is 11.3 Å². The van der Waals surface area contributed by atoms with E-state index in [1.54, 1.807) is 12.5 Å². The lowest BCUT2D eigenvalue weighted by atomic mass is 10.2. The van der Waals surface area contributed by atoms with Gasteiger partial charge in [0.05, 0.1) is 13.7 Å². The molecule has 2 aromatic rings. The minimum absolute atomic E-state index is 0.437. The van der Waals surface area contributed by atoms with Crippen LogP contribution < -0.4 is 9.47 Å². The molecule has 19 heavy (non-hydrogen) atoms. The lowest BCUT2D eigenvalue weighted by Crippen LogP contribution is -1.98. The highest BCUT2D eigenvalue weighted by Crippen LogP contribution is 2.33. The topological polar surface area (TPSA) is 55.1 Å². The fourth-order valence-electron chi connectivity index (χ4n) is 1.59. The van der Waals surface area contributed by atoms with Crippen LogP contribution >= 0.6 is 11.3 Å². The Morgan fingerprint density at radius 2 is 2.21 bits per heavy atom. The first-order chi connectivity index (χ1) is 9.28. The number of benzene rings is 1. The van der Waals surface area contributed by atoms with Gasteiger partial charge in [0.25, 0.3) is 0 Å². The van der Waals surface area contributed by atoms with E-state index in [4.69, 9.17) is 14.7 Å². The first kappa shape index (κ1) is 13.4. The number of thiazole rings is 1. The van der Waals surface area contributed by atoms with Crippen LogP contribution in [0.2, 0.25) is 0 Å². The molecule has 0 N–H and O–H groups in total. The first-order valence-electron chi connectivity index (χ1n) is 5.95. The maximum Gasteiger partial charge on any atom is 0.161 e. The molecule has 0 spiro atoms. The van der Waals surface area contributed by atoms with Gasteiger partial charge in [-0.25, -0.2) is 4.98 Å². The lowest BCUT2D eigenvalue weighted by Gasteiger charge is -2.10. The van der Waals surface area contributed by atoms with Crippen molar-refractivity contribution in [1.82, 2.24) is 4.98 Å². The van der Waals surface area contributed by atoms with Crippen molar-refractivity contribution in [3.05, 3.63) is 29.3 Å². The van der Waals surface area contributed by atoms with E-state index in [1.807, 2.05) is 24.3 Å². The van der Waals surface area contributed by atoms with Crippen LogP contribution in [0, 0.1) is 11.3 Å². The van der Waals surface area contributed by atoms with E-state index in [-0.39, 0.29) is 0 Å². The molecule has 5 heteroatoms. The summed E-state index contributed by atoms with van der Waals surface area (Å²) < 4.78 is 10.9. The number of methoxy groups -OCH3 is 1. The normalized spacial score (nSPS) is 9.95. The number of aromatic nitrogens is 1. The van der Waals surface area contributed by atoms with Gasteiger partial charge in [-0.1, -0.05) is 6.92 Å². The predicted molar refractivity (Wildman–Crippen MR) is 74.6 cm³/mol. The smallest absolute Gasteiger partial charge is 0.161 e. The van der Waals surface area contributed by atoms with Crippen LogP contribution in [-0.4, -0.2) is 18.7 Å². The molecule has 0 aliphatic carbocycles. The third-order valence-electron chi connectivity index (χ3n) is 2.49. The molecule has 0 saturated heterocycles. The van der Waals surface area contributed by atoms with E-state index in [0.717, 1.165) is 17.0 Å². The summed E-state index contributed by atoms with van der Waals surface area (Å²) in [7, 11) is 1.62. The van der Waals surface area contributed by atoms with Crippen LogP contribution in [0.25, 0.3) is 10.6 Å². The molecule has 1 aromatic carbocycles. The summed E-state index contributed by atoms with van der Waals surface area (Å²) in [6, 6.07) is 7.70. The maximum atomic E-state index is 8.80. The fraction of sp³-hybridized carbons (Fsp3) is 0.286. The Labute approximate surface area is 116 Å². The zero-order valence-electron chi connectivity index (χ0n) is 10.8. The Kier molecular flexibility index (Phi) is 4.37. The lowest BCUT2D eigenvalue weighted by molar-refractivity contribution is 0.294. The number of hydrogen-bond donors (Lipinski definition) is 0.